The summed E-state index contributed by atoms with van der Waals surface area (Å²) in [5.41, 5.74) is 4.26. The number of hydrogen-bond acceptors (Lipinski definition) is 2. The van der Waals surface area contributed by atoms with Gasteiger partial charge in [-0.15, -0.1) is 0 Å². The zero-order valence-electron chi connectivity index (χ0n) is 13.0. The van der Waals surface area contributed by atoms with Crippen molar-refractivity contribution >= 4 is 34.4 Å². The molecule has 0 saturated heterocycles. The summed E-state index contributed by atoms with van der Waals surface area (Å²) in [4.78, 5) is 17.2. The van der Waals surface area contributed by atoms with Crippen LogP contribution in [-0.2, 0) is 0 Å². The number of fused-ring (bicyclic) bond motifs is 1. The van der Waals surface area contributed by atoms with E-state index in [9.17, 15) is 4.79 Å². The van der Waals surface area contributed by atoms with Crippen LogP contribution in [0.25, 0.3) is 17.0 Å². The Balaban J connectivity index is 1.99. The number of pyridine rings is 1. The molecule has 0 aliphatic carbocycles. The fourth-order valence-corrected chi connectivity index (χ4v) is 2.85. The van der Waals surface area contributed by atoms with Crippen LogP contribution < -0.4 is 0 Å². The maximum atomic E-state index is 12.6. The predicted molar refractivity (Wildman–Crippen MR) is 96.0 cm³/mol. The zero-order chi connectivity index (χ0) is 16.4. The molecule has 0 bridgehead atoms. The summed E-state index contributed by atoms with van der Waals surface area (Å²) in [7, 11) is 0. The number of carbonyl (C=O) groups is 1. The van der Waals surface area contributed by atoms with Gasteiger partial charge in [-0.3, -0.25) is 9.78 Å². The van der Waals surface area contributed by atoms with E-state index in [1.807, 2.05) is 50.2 Å². The van der Waals surface area contributed by atoms with Crippen molar-refractivity contribution in [3.63, 3.8) is 0 Å². The van der Waals surface area contributed by atoms with E-state index in [4.69, 9.17) is 11.6 Å². The Morgan fingerprint density at radius 3 is 2.48 bits per heavy atom. The molecule has 0 fully saturated rings. The molecule has 114 valence electrons. The second-order valence-electron chi connectivity index (χ2n) is 5.46. The molecule has 3 rings (SSSR count). The van der Waals surface area contributed by atoms with Crippen molar-refractivity contribution in [1.82, 2.24) is 4.98 Å². The first kappa shape index (κ1) is 15.4. The summed E-state index contributed by atoms with van der Waals surface area (Å²) < 4.78 is 0. The Bertz CT molecular complexity index is 911. The molecule has 0 unspecified atom stereocenters. The van der Waals surface area contributed by atoms with E-state index in [1.165, 1.54) is 0 Å². The Labute approximate surface area is 140 Å². The second-order valence-corrected chi connectivity index (χ2v) is 5.90. The number of aryl methyl sites for hydroxylation is 2. The third-order valence-electron chi connectivity index (χ3n) is 3.88. The molecule has 0 aliphatic rings. The van der Waals surface area contributed by atoms with Crippen molar-refractivity contribution in [2.45, 2.75) is 13.8 Å². The first-order chi connectivity index (χ1) is 11.1. The van der Waals surface area contributed by atoms with Crippen LogP contribution >= 0.6 is 11.6 Å². The third-order valence-corrected chi connectivity index (χ3v) is 4.13. The van der Waals surface area contributed by atoms with E-state index in [1.54, 1.807) is 24.3 Å². The van der Waals surface area contributed by atoms with Crippen LogP contribution in [0, 0.1) is 13.8 Å². The fraction of sp³-hybridized carbons (Fsp3) is 0.100. The average molecular weight is 322 g/mol. The number of carbonyl (C=O) groups excluding carboxylic acids is 1. The Morgan fingerprint density at radius 2 is 1.74 bits per heavy atom. The van der Waals surface area contributed by atoms with Gasteiger partial charge in [0.15, 0.2) is 5.78 Å². The van der Waals surface area contributed by atoms with Gasteiger partial charge in [0, 0.05) is 21.7 Å². The first-order valence-corrected chi connectivity index (χ1v) is 7.78. The van der Waals surface area contributed by atoms with Crippen molar-refractivity contribution in [3.8, 4) is 0 Å². The van der Waals surface area contributed by atoms with E-state index in [0.29, 0.717) is 10.6 Å². The molecule has 0 amide bonds. The minimum atomic E-state index is -0.0341. The third kappa shape index (κ3) is 3.17. The van der Waals surface area contributed by atoms with E-state index in [2.05, 4.69) is 4.98 Å². The van der Waals surface area contributed by atoms with Gasteiger partial charge in [-0.1, -0.05) is 48.0 Å². The summed E-state index contributed by atoms with van der Waals surface area (Å²) in [5, 5.41) is 1.69. The molecular weight excluding hydrogens is 306 g/mol. The highest BCUT2D eigenvalue weighted by atomic mass is 35.5. The van der Waals surface area contributed by atoms with Gasteiger partial charge in [-0.2, -0.15) is 0 Å². The second kappa shape index (κ2) is 6.35. The Kier molecular flexibility index (Phi) is 4.26. The molecule has 3 heteroatoms. The molecule has 0 N–H and O–H groups in total. The summed E-state index contributed by atoms with van der Waals surface area (Å²) in [6.07, 6.45) is 3.39. The molecule has 0 atom stereocenters. The lowest BCUT2D eigenvalue weighted by atomic mass is 9.98. The zero-order valence-corrected chi connectivity index (χ0v) is 13.8. The minimum Gasteiger partial charge on any atom is -0.289 e. The van der Waals surface area contributed by atoms with Gasteiger partial charge in [0.2, 0.25) is 0 Å². The topological polar surface area (TPSA) is 30.0 Å². The number of aromatic nitrogens is 1. The molecule has 0 spiro atoms. The van der Waals surface area contributed by atoms with Gasteiger partial charge in [0.25, 0.3) is 0 Å². The van der Waals surface area contributed by atoms with Gasteiger partial charge in [0.05, 0.1) is 5.52 Å². The quantitative estimate of drug-likeness (QED) is 0.477. The highest BCUT2D eigenvalue weighted by Crippen LogP contribution is 2.23. The Morgan fingerprint density at radius 1 is 1.04 bits per heavy atom. The van der Waals surface area contributed by atoms with E-state index in [0.717, 1.165) is 27.7 Å². The summed E-state index contributed by atoms with van der Waals surface area (Å²) in [5.74, 6) is -0.0341. The lowest BCUT2D eigenvalue weighted by Crippen LogP contribution is -2.04. The summed E-state index contributed by atoms with van der Waals surface area (Å²) in [6, 6.07) is 15.2. The number of halogens is 1. The monoisotopic (exact) mass is 321 g/mol. The van der Waals surface area contributed by atoms with E-state index in [-0.39, 0.29) is 5.78 Å². The van der Waals surface area contributed by atoms with E-state index >= 15 is 0 Å². The molecule has 2 aromatic carbocycles. The van der Waals surface area contributed by atoms with Crippen molar-refractivity contribution in [1.29, 1.82) is 0 Å². The SMILES string of the molecule is Cc1nc2ccccc2c(C)c1C(=O)/C=C/c1ccc(Cl)cc1. The molecule has 3 aromatic rings. The van der Waals surface area contributed by atoms with Gasteiger partial charge >= 0.3 is 0 Å². The smallest absolute Gasteiger partial charge is 0.187 e. The van der Waals surface area contributed by atoms with Crippen LogP contribution in [0.2, 0.25) is 5.02 Å². The van der Waals surface area contributed by atoms with Gasteiger partial charge < -0.3 is 0 Å². The van der Waals surface area contributed by atoms with Crippen LogP contribution in [0.1, 0.15) is 27.2 Å². The lowest BCUT2D eigenvalue weighted by molar-refractivity contribution is 0.104. The lowest BCUT2D eigenvalue weighted by Gasteiger charge is -2.09. The molecule has 0 radical (unpaired) electrons. The van der Waals surface area contributed by atoms with Crippen molar-refractivity contribution in [3.05, 3.63) is 82.0 Å². The number of rotatable bonds is 3. The molecular formula is C20H16ClNO. The molecule has 0 saturated carbocycles. The first-order valence-electron chi connectivity index (χ1n) is 7.40. The van der Waals surface area contributed by atoms with Crippen molar-refractivity contribution < 1.29 is 4.79 Å². The summed E-state index contributed by atoms with van der Waals surface area (Å²) >= 11 is 5.87. The summed E-state index contributed by atoms with van der Waals surface area (Å²) in [6.45, 7) is 3.85. The van der Waals surface area contributed by atoms with E-state index < -0.39 is 0 Å². The van der Waals surface area contributed by atoms with Gasteiger partial charge in [-0.25, -0.2) is 0 Å². The predicted octanol–water partition coefficient (Wildman–Crippen LogP) is 5.40. The highest BCUT2D eigenvalue weighted by molar-refractivity contribution is 6.30. The van der Waals surface area contributed by atoms with Crippen LogP contribution in [0.4, 0.5) is 0 Å². The highest BCUT2D eigenvalue weighted by Gasteiger charge is 2.14. The van der Waals surface area contributed by atoms with Crippen molar-refractivity contribution in [2.24, 2.45) is 0 Å². The number of ketones is 1. The largest absolute Gasteiger partial charge is 0.289 e. The van der Waals surface area contributed by atoms with Crippen LogP contribution in [-0.4, -0.2) is 10.8 Å². The van der Waals surface area contributed by atoms with Crippen molar-refractivity contribution in [2.75, 3.05) is 0 Å². The maximum Gasteiger partial charge on any atom is 0.187 e. The van der Waals surface area contributed by atoms with Crippen LogP contribution in [0.3, 0.4) is 0 Å². The number of nitrogens with zero attached hydrogens (tertiary/aromatic N) is 1. The number of hydrogen-bond donors (Lipinski definition) is 0. The van der Waals surface area contributed by atoms with Crippen LogP contribution in [0.15, 0.2) is 54.6 Å². The molecule has 1 aromatic heterocycles. The normalized spacial score (nSPS) is 11.3. The number of para-hydroxylation sites is 1. The molecule has 2 nitrogen and oxygen atoms in total. The molecule has 1 heterocycles. The number of benzene rings is 2. The standard InChI is InChI=1S/C20H16ClNO/c1-13-17-5-3-4-6-18(17)22-14(2)20(13)19(23)12-9-15-7-10-16(21)11-8-15/h3-12H,1-2H3/b12-9+. The van der Waals surface area contributed by atoms with Crippen LogP contribution in [0.5, 0.6) is 0 Å². The minimum absolute atomic E-state index is 0.0341. The maximum absolute atomic E-state index is 12.6. The van der Waals surface area contributed by atoms with Gasteiger partial charge in [0.1, 0.15) is 0 Å². The number of allylic oxidation sites excluding steroid dienone is 1. The average Bonchev–Trinajstić information content (AvgIpc) is 2.54. The molecule has 0 aliphatic heterocycles. The molecule has 23 heavy (non-hydrogen) atoms. The van der Waals surface area contributed by atoms with Gasteiger partial charge in [-0.05, 0) is 49.2 Å². The Hall–Kier alpha value is -2.45. The fourth-order valence-electron chi connectivity index (χ4n) is 2.72.